The summed E-state index contributed by atoms with van der Waals surface area (Å²) in [7, 11) is 0. The highest BCUT2D eigenvalue weighted by molar-refractivity contribution is 5.98. The number of benzene rings is 4. The molecular formula is C52H46F2N8O8. The Morgan fingerprint density at radius 2 is 0.957 bits per heavy atom. The Morgan fingerprint density at radius 1 is 0.571 bits per heavy atom. The second-order valence-corrected chi connectivity index (χ2v) is 15.5. The molecule has 8 aromatic rings. The Morgan fingerprint density at radius 3 is 1.34 bits per heavy atom. The molecule has 0 fully saturated rings. The van der Waals surface area contributed by atoms with Gasteiger partial charge in [-0.2, -0.15) is 10.2 Å². The molecule has 4 heterocycles. The van der Waals surface area contributed by atoms with E-state index in [1.54, 1.807) is 97.9 Å². The first-order valence-electron chi connectivity index (χ1n) is 21.9. The number of hydrogen-bond acceptors (Lipinski definition) is 11. The zero-order chi connectivity index (χ0) is 49.6. The highest BCUT2D eigenvalue weighted by atomic mass is 19.1. The molecule has 18 heteroatoms. The third kappa shape index (κ3) is 12.2. The molecule has 2 amide bonds. The summed E-state index contributed by atoms with van der Waals surface area (Å²) in [5.41, 5.74) is 3.03. The average Bonchev–Trinajstić information content (AvgIpc) is 3.98. The number of nitrogens with one attached hydrogen (secondary N) is 2. The van der Waals surface area contributed by atoms with Crippen molar-refractivity contribution in [1.82, 2.24) is 40.2 Å². The summed E-state index contributed by atoms with van der Waals surface area (Å²) in [6.45, 7) is 1.72. The van der Waals surface area contributed by atoms with Crippen LogP contribution < -0.4 is 10.6 Å². The zero-order valence-corrected chi connectivity index (χ0v) is 37.4. The van der Waals surface area contributed by atoms with Gasteiger partial charge in [0, 0.05) is 23.5 Å². The largest absolute Gasteiger partial charge is 0.479 e. The molecule has 0 aliphatic rings. The lowest BCUT2D eigenvalue weighted by Gasteiger charge is -2.23. The third-order valence-electron chi connectivity index (χ3n) is 10.7. The van der Waals surface area contributed by atoms with Gasteiger partial charge in [-0.15, -0.1) is 0 Å². The zero-order valence-electron chi connectivity index (χ0n) is 37.4. The number of esters is 1. The van der Waals surface area contributed by atoms with Crippen LogP contribution in [0, 0.1) is 11.6 Å². The fraction of sp³-hybridized carbons (Fsp3) is 0.154. The number of carboxylic acids is 1. The molecule has 0 aliphatic carbocycles. The van der Waals surface area contributed by atoms with E-state index in [-0.39, 0.29) is 53.6 Å². The van der Waals surface area contributed by atoms with Crippen LogP contribution in [0.4, 0.5) is 8.78 Å². The number of aliphatic hydroxyl groups excluding tert-OH is 2. The van der Waals surface area contributed by atoms with E-state index in [1.165, 1.54) is 35.3 Å². The molecule has 356 valence electrons. The second-order valence-electron chi connectivity index (χ2n) is 15.5. The van der Waals surface area contributed by atoms with Gasteiger partial charge >= 0.3 is 11.9 Å². The summed E-state index contributed by atoms with van der Waals surface area (Å²) >= 11 is 0. The van der Waals surface area contributed by atoms with Crippen molar-refractivity contribution >= 4 is 23.8 Å². The van der Waals surface area contributed by atoms with Crippen LogP contribution in [-0.2, 0) is 27.2 Å². The lowest BCUT2D eigenvalue weighted by Crippen LogP contribution is -2.49. The molecule has 5 N–H and O–H groups in total. The topological polar surface area (TPSA) is 224 Å². The number of halogens is 2. The molecule has 4 unspecified atom stereocenters. The number of amides is 2. The number of hydrogen-bond donors (Lipinski definition) is 5. The number of ether oxygens (including phenoxy) is 1. The lowest BCUT2D eigenvalue weighted by atomic mass is 10.0. The van der Waals surface area contributed by atoms with Gasteiger partial charge < -0.3 is 30.7 Å². The summed E-state index contributed by atoms with van der Waals surface area (Å²) in [4.78, 5) is 58.6. The first-order chi connectivity index (χ1) is 33.9. The number of nitrogens with zero attached hydrogens (tertiary/aromatic N) is 6. The van der Waals surface area contributed by atoms with Gasteiger partial charge in [0.05, 0.1) is 42.2 Å². The minimum atomic E-state index is -1.84. The van der Waals surface area contributed by atoms with Crippen LogP contribution in [0.5, 0.6) is 0 Å². The summed E-state index contributed by atoms with van der Waals surface area (Å²) in [6.07, 6.45) is 1.99. The van der Waals surface area contributed by atoms with Gasteiger partial charge in [-0.1, -0.05) is 121 Å². The highest BCUT2D eigenvalue weighted by Crippen LogP contribution is 2.25. The van der Waals surface area contributed by atoms with E-state index in [1.807, 2.05) is 36.4 Å². The first-order valence-corrected chi connectivity index (χ1v) is 21.9. The van der Waals surface area contributed by atoms with Gasteiger partial charge in [-0.25, -0.2) is 37.7 Å². The Balaban J connectivity index is 0.000000207. The molecule has 4 aromatic carbocycles. The van der Waals surface area contributed by atoms with E-state index in [2.05, 4.69) is 30.8 Å². The maximum absolute atomic E-state index is 14.7. The third-order valence-corrected chi connectivity index (χ3v) is 10.7. The highest BCUT2D eigenvalue weighted by Gasteiger charge is 2.32. The molecule has 70 heavy (non-hydrogen) atoms. The van der Waals surface area contributed by atoms with Crippen molar-refractivity contribution in [2.75, 3.05) is 6.61 Å². The van der Waals surface area contributed by atoms with Crippen LogP contribution in [0.1, 0.15) is 38.8 Å². The van der Waals surface area contributed by atoms with Gasteiger partial charge in [-0.3, -0.25) is 9.59 Å². The quantitative estimate of drug-likeness (QED) is 0.0644. The number of carboxylic acid groups (broad SMARTS) is 1. The molecule has 0 saturated heterocycles. The van der Waals surface area contributed by atoms with Crippen LogP contribution in [0.15, 0.2) is 170 Å². The molecule has 8 rings (SSSR count). The minimum Gasteiger partial charge on any atom is -0.479 e. The van der Waals surface area contributed by atoms with E-state index in [9.17, 15) is 43.3 Å². The van der Waals surface area contributed by atoms with Crippen LogP contribution in [-0.4, -0.2) is 99.5 Å². The number of rotatable bonds is 17. The maximum Gasteiger partial charge on any atom is 0.337 e. The Labute approximate surface area is 399 Å². The average molecular weight is 949 g/mol. The van der Waals surface area contributed by atoms with Gasteiger partial charge in [0.25, 0.3) is 11.8 Å². The molecule has 0 radical (unpaired) electrons. The van der Waals surface area contributed by atoms with E-state index >= 15 is 0 Å². The van der Waals surface area contributed by atoms with Gasteiger partial charge in [0.15, 0.2) is 35.5 Å². The van der Waals surface area contributed by atoms with Crippen molar-refractivity contribution in [2.24, 2.45) is 0 Å². The molecule has 0 aliphatic heterocycles. The van der Waals surface area contributed by atoms with E-state index < -0.39 is 59.7 Å². The molecule has 4 atom stereocenters. The smallest absolute Gasteiger partial charge is 0.337 e. The van der Waals surface area contributed by atoms with Crippen molar-refractivity contribution < 1.29 is 48.0 Å². The van der Waals surface area contributed by atoms with Crippen molar-refractivity contribution in [3.8, 4) is 34.2 Å². The van der Waals surface area contributed by atoms with Crippen LogP contribution >= 0.6 is 0 Å². The number of aliphatic carboxylic acids is 1. The summed E-state index contributed by atoms with van der Waals surface area (Å²) in [5.74, 6) is -4.60. The van der Waals surface area contributed by atoms with E-state index in [0.717, 1.165) is 28.2 Å². The van der Waals surface area contributed by atoms with Crippen molar-refractivity contribution in [3.63, 3.8) is 0 Å². The van der Waals surface area contributed by atoms with Gasteiger partial charge in [0.2, 0.25) is 0 Å². The first kappa shape index (κ1) is 49.2. The molecule has 0 saturated carbocycles. The fourth-order valence-corrected chi connectivity index (χ4v) is 7.30. The lowest BCUT2D eigenvalue weighted by molar-refractivity contribution is -0.154. The minimum absolute atomic E-state index is 0.0419. The van der Waals surface area contributed by atoms with Crippen molar-refractivity contribution in [1.29, 1.82) is 0 Å². The van der Waals surface area contributed by atoms with Crippen molar-refractivity contribution in [3.05, 3.63) is 204 Å². The SMILES string of the molecule is CCOC(=O)C(O)C(Cc1ccccc1)NC(=O)c1cccnc1-n1cc(F)c(-c2ccccc2)n1.O=C(NC(Cc1ccccc1)C(O)C(=O)O)c1cccnc1-n1cc(F)c(-c2ccccc2)n1. The molecular weight excluding hydrogens is 903 g/mol. The Hall–Kier alpha value is -8.74. The van der Waals surface area contributed by atoms with Crippen LogP contribution in [0.3, 0.4) is 0 Å². The summed E-state index contributed by atoms with van der Waals surface area (Å²) in [5, 5.41) is 44.0. The summed E-state index contributed by atoms with van der Waals surface area (Å²) < 4.78 is 36.7. The molecule has 4 aromatic heterocycles. The standard InChI is InChI=1S/C27H25FN4O4.C25H21FN4O4/c1-2-36-27(35)24(33)22(16-18-10-5-3-6-11-18)30-26(34)20-14-9-15-29-25(20)32-17-21(28)23(31-32)19-12-7-4-8-13-19;26-19-15-30(29-21(19)17-10-5-2-6-11-17)23-18(12-7-13-27-23)24(32)28-20(22(31)25(33)34)14-16-8-3-1-4-9-16/h3-15,17,22,24,33H,2,16H2,1H3,(H,30,34);1-13,15,20,22,31H,14H2,(H,28,32)(H,33,34). The van der Waals surface area contributed by atoms with E-state index in [4.69, 9.17) is 4.74 Å². The Kier molecular flexibility index (Phi) is 16.4. The molecule has 0 bridgehead atoms. The van der Waals surface area contributed by atoms with E-state index in [0.29, 0.717) is 11.1 Å². The summed E-state index contributed by atoms with van der Waals surface area (Å²) in [6, 6.07) is 39.5. The molecule has 16 nitrogen and oxygen atoms in total. The monoisotopic (exact) mass is 948 g/mol. The maximum atomic E-state index is 14.7. The number of pyridine rings is 2. The van der Waals surface area contributed by atoms with Crippen LogP contribution in [0.25, 0.3) is 34.2 Å². The van der Waals surface area contributed by atoms with Crippen molar-refractivity contribution in [2.45, 2.75) is 44.1 Å². The normalized spacial score (nSPS) is 12.6. The second kappa shape index (κ2) is 23.3. The predicted molar refractivity (Wildman–Crippen MR) is 253 cm³/mol. The van der Waals surface area contributed by atoms with Gasteiger partial charge in [0.1, 0.15) is 11.4 Å². The number of carbonyl (C=O) groups is 4. The predicted octanol–water partition coefficient (Wildman–Crippen LogP) is 6.20. The molecule has 0 spiro atoms. The van der Waals surface area contributed by atoms with Gasteiger partial charge in [-0.05, 0) is 55.2 Å². The number of carbonyl (C=O) groups excluding carboxylic acids is 3. The van der Waals surface area contributed by atoms with Crippen LogP contribution in [0.2, 0.25) is 0 Å². The number of aliphatic hydroxyl groups is 2. The fourth-order valence-electron chi connectivity index (χ4n) is 7.30. The number of aromatic nitrogens is 6. The Bertz CT molecular complexity index is 3030.